The highest BCUT2D eigenvalue weighted by Crippen LogP contribution is 2.46. The second kappa shape index (κ2) is 8.47. The smallest absolute Gasteiger partial charge is 0.175 e. The minimum absolute atomic E-state index is 0.0212. The fraction of sp³-hybridized carbons (Fsp3) is 0.400. The van der Waals surface area contributed by atoms with Crippen LogP contribution in [-0.4, -0.2) is 25.8 Å². The van der Waals surface area contributed by atoms with Crippen LogP contribution in [0.25, 0.3) is 6.08 Å². The molecule has 0 radical (unpaired) electrons. The molecular weight excluding hydrogens is 426 g/mol. The number of nitrogens with zero attached hydrogens (tertiary/aromatic N) is 1. The van der Waals surface area contributed by atoms with Gasteiger partial charge >= 0.3 is 0 Å². The molecule has 0 saturated carbocycles. The van der Waals surface area contributed by atoms with E-state index in [1.54, 1.807) is 30.0 Å². The van der Waals surface area contributed by atoms with E-state index in [1.807, 2.05) is 13.8 Å². The summed E-state index contributed by atoms with van der Waals surface area (Å²) >= 11 is 1.69. The van der Waals surface area contributed by atoms with Gasteiger partial charge in [0, 0.05) is 23.5 Å². The molecule has 31 heavy (non-hydrogen) atoms. The number of thioether (sulfide) groups is 1. The highest BCUT2D eigenvalue weighted by atomic mass is 32.2. The summed E-state index contributed by atoms with van der Waals surface area (Å²) in [5, 5.41) is 0.988. The molecule has 1 aliphatic carbocycles. The Bertz CT molecular complexity index is 1190. The van der Waals surface area contributed by atoms with Crippen molar-refractivity contribution in [3.05, 3.63) is 52.6 Å². The SMILES string of the molecule is CCC1C(C)=Cc2ccc3c(c21)CCC(=Nc1cc(S(C)(=O)=O)ccc1OC(C)C)S3. The molecule has 1 unspecified atom stereocenters. The Morgan fingerprint density at radius 3 is 2.65 bits per heavy atom. The van der Waals surface area contributed by atoms with Crippen LogP contribution in [0.2, 0.25) is 0 Å². The minimum atomic E-state index is -3.32. The van der Waals surface area contributed by atoms with Crippen LogP contribution in [0.3, 0.4) is 0 Å². The number of benzene rings is 2. The van der Waals surface area contributed by atoms with Crippen LogP contribution in [0, 0.1) is 0 Å². The average Bonchev–Trinajstić information content (AvgIpc) is 3.03. The molecule has 0 spiro atoms. The predicted octanol–water partition coefficient (Wildman–Crippen LogP) is 6.56. The molecule has 164 valence electrons. The van der Waals surface area contributed by atoms with E-state index in [0.717, 1.165) is 24.3 Å². The predicted molar refractivity (Wildman–Crippen MR) is 130 cm³/mol. The number of rotatable bonds is 5. The van der Waals surface area contributed by atoms with E-state index in [9.17, 15) is 8.42 Å². The number of hydrogen-bond acceptors (Lipinski definition) is 5. The zero-order valence-electron chi connectivity index (χ0n) is 18.7. The Hall–Kier alpha value is -2.05. The maximum absolute atomic E-state index is 12.1. The molecule has 0 aromatic heterocycles. The number of sulfone groups is 1. The van der Waals surface area contributed by atoms with Gasteiger partial charge in [-0.2, -0.15) is 0 Å². The largest absolute Gasteiger partial charge is 0.489 e. The van der Waals surface area contributed by atoms with Crippen molar-refractivity contribution in [3.63, 3.8) is 0 Å². The Labute approximate surface area is 189 Å². The summed E-state index contributed by atoms with van der Waals surface area (Å²) in [5.74, 6) is 1.13. The second-order valence-corrected chi connectivity index (χ2v) is 11.7. The number of hydrogen-bond donors (Lipinski definition) is 0. The van der Waals surface area contributed by atoms with Gasteiger partial charge < -0.3 is 4.74 Å². The van der Waals surface area contributed by atoms with E-state index in [0.29, 0.717) is 17.4 Å². The van der Waals surface area contributed by atoms with Crippen LogP contribution in [0.5, 0.6) is 5.75 Å². The van der Waals surface area contributed by atoms with Crippen molar-refractivity contribution in [2.45, 2.75) is 68.8 Å². The van der Waals surface area contributed by atoms with Gasteiger partial charge in [0.2, 0.25) is 0 Å². The number of fused-ring (bicyclic) bond motifs is 3. The Morgan fingerprint density at radius 2 is 1.97 bits per heavy atom. The maximum Gasteiger partial charge on any atom is 0.175 e. The molecule has 1 atom stereocenters. The monoisotopic (exact) mass is 455 g/mol. The zero-order valence-corrected chi connectivity index (χ0v) is 20.4. The number of ether oxygens (including phenoxy) is 1. The molecule has 4 nitrogen and oxygen atoms in total. The van der Waals surface area contributed by atoms with Gasteiger partial charge in [-0.1, -0.05) is 36.4 Å². The maximum atomic E-state index is 12.1. The van der Waals surface area contributed by atoms with Crippen molar-refractivity contribution in [2.75, 3.05) is 6.26 Å². The van der Waals surface area contributed by atoms with E-state index >= 15 is 0 Å². The fourth-order valence-corrected chi connectivity index (χ4v) is 6.16. The molecule has 2 aromatic rings. The normalized spacial score (nSPS) is 19.4. The first-order valence-corrected chi connectivity index (χ1v) is 13.5. The van der Waals surface area contributed by atoms with Crippen molar-refractivity contribution in [1.29, 1.82) is 0 Å². The van der Waals surface area contributed by atoms with Crippen molar-refractivity contribution in [1.82, 2.24) is 0 Å². The molecule has 0 amide bonds. The second-order valence-electron chi connectivity index (χ2n) is 8.57. The van der Waals surface area contributed by atoms with Gasteiger partial charge in [-0.3, -0.25) is 0 Å². The van der Waals surface area contributed by atoms with E-state index in [-0.39, 0.29) is 11.0 Å². The van der Waals surface area contributed by atoms with Crippen LogP contribution in [0.1, 0.15) is 63.1 Å². The summed E-state index contributed by atoms with van der Waals surface area (Å²) < 4.78 is 30.0. The van der Waals surface area contributed by atoms with E-state index in [4.69, 9.17) is 9.73 Å². The van der Waals surface area contributed by atoms with Crippen LogP contribution in [0.15, 0.2) is 50.7 Å². The molecule has 2 aromatic carbocycles. The van der Waals surface area contributed by atoms with E-state index in [1.165, 1.54) is 33.4 Å². The Kier molecular flexibility index (Phi) is 6.05. The lowest BCUT2D eigenvalue weighted by Crippen LogP contribution is -2.10. The van der Waals surface area contributed by atoms with Gasteiger partial charge in [0.25, 0.3) is 0 Å². The number of allylic oxidation sites excluding steroid dienone is 1. The molecule has 1 aliphatic heterocycles. The van der Waals surface area contributed by atoms with Crippen LogP contribution < -0.4 is 4.74 Å². The summed E-state index contributed by atoms with van der Waals surface area (Å²) in [4.78, 5) is 6.39. The Morgan fingerprint density at radius 1 is 1.19 bits per heavy atom. The van der Waals surface area contributed by atoms with Crippen molar-refractivity contribution in [2.24, 2.45) is 4.99 Å². The topological polar surface area (TPSA) is 55.7 Å². The molecule has 6 heteroatoms. The molecule has 4 rings (SSSR count). The Balaban J connectivity index is 1.71. The van der Waals surface area contributed by atoms with E-state index in [2.05, 4.69) is 32.1 Å². The van der Waals surface area contributed by atoms with Crippen molar-refractivity contribution in [3.8, 4) is 5.75 Å². The fourth-order valence-electron chi connectivity index (χ4n) is 4.45. The van der Waals surface area contributed by atoms with Gasteiger partial charge in [-0.15, -0.1) is 0 Å². The summed E-state index contributed by atoms with van der Waals surface area (Å²) in [6.45, 7) is 8.39. The summed E-state index contributed by atoms with van der Waals surface area (Å²) in [7, 11) is -3.32. The van der Waals surface area contributed by atoms with Gasteiger partial charge in [0.15, 0.2) is 9.84 Å². The van der Waals surface area contributed by atoms with Crippen molar-refractivity contribution >= 4 is 38.4 Å². The average molecular weight is 456 g/mol. The van der Waals surface area contributed by atoms with Gasteiger partial charge in [0.05, 0.1) is 16.0 Å². The summed E-state index contributed by atoms with van der Waals surface area (Å²) in [5.41, 5.74) is 6.32. The lowest BCUT2D eigenvalue weighted by molar-refractivity contribution is 0.243. The quantitative estimate of drug-likeness (QED) is 0.512. The highest BCUT2D eigenvalue weighted by molar-refractivity contribution is 8.14. The van der Waals surface area contributed by atoms with Crippen LogP contribution >= 0.6 is 11.8 Å². The molecule has 0 fully saturated rings. The molecule has 0 saturated heterocycles. The third-order valence-electron chi connectivity index (χ3n) is 5.82. The first kappa shape index (κ1) is 22.2. The van der Waals surface area contributed by atoms with Crippen LogP contribution in [0.4, 0.5) is 5.69 Å². The number of aliphatic imine (C=N–C) groups is 1. The lowest BCUT2D eigenvalue weighted by atomic mass is 9.88. The van der Waals surface area contributed by atoms with Crippen molar-refractivity contribution < 1.29 is 13.2 Å². The van der Waals surface area contributed by atoms with Gasteiger partial charge in [-0.05, 0) is 74.6 Å². The minimum Gasteiger partial charge on any atom is -0.489 e. The first-order chi connectivity index (χ1) is 14.7. The third-order valence-corrected chi connectivity index (χ3v) is 8.06. The summed E-state index contributed by atoms with van der Waals surface area (Å²) in [6.07, 6.45) is 6.43. The molecule has 0 N–H and O–H groups in total. The van der Waals surface area contributed by atoms with Gasteiger partial charge in [0.1, 0.15) is 11.4 Å². The summed E-state index contributed by atoms with van der Waals surface area (Å²) in [6, 6.07) is 9.35. The first-order valence-electron chi connectivity index (χ1n) is 10.8. The molecule has 1 heterocycles. The van der Waals surface area contributed by atoms with Crippen LogP contribution in [-0.2, 0) is 16.3 Å². The molecule has 2 aliphatic rings. The standard InChI is InChI=1S/C25H29NO3S2/c1-6-19-16(4)13-17-7-11-23-20(25(17)19)9-12-24(30-23)26-21-14-18(31(5,27)28)8-10-22(21)29-15(2)3/h7-8,10-11,13-15,19H,6,9,12H2,1-5H3. The molecular formula is C25H29NO3S2. The van der Waals surface area contributed by atoms with Gasteiger partial charge in [-0.25, -0.2) is 13.4 Å². The lowest BCUT2D eigenvalue weighted by Gasteiger charge is -2.24. The third kappa shape index (κ3) is 4.46. The highest BCUT2D eigenvalue weighted by Gasteiger charge is 2.28. The molecule has 0 bridgehead atoms. The van der Waals surface area contributed by atoms with E-state index < -0.39 is 9.84 Å². The zero-order chi connectivity index (χ0) is 22.3.